The summed E-state index contributed by atoms with van der Waals surface area (Å²) in [4.78, 5) is 7.85. The number of hydrogen-bond acceptors (Lipinski definition) is 8. The predicted molar refractivity (Wildman–Crippen MR) is 61.6 cm³/mol. The van der Waals surface area contributed by atoms with Crippen LogP contribution >= 0.6 is 0 Å². The van der Waals surface area contributed by atoms with E-state index in [1.807, 2.05) is 0 Å². The first-order valence-corrected chi connectivity index (χ1v) is 5.85. The summed E-state index contributed by atoms with van der Waals surface area (Å²) >= 11 is 0. The number of aromatic nitrogens is 4. The van der Waals surface area contributed by atoms with Crippen molar-refractivity contribution < 1.29 is 25.3 Å². The molecule has 3 heterocycles. The van der Waals surface area contributed by atoms with Gasteiger partial charge in [0.2, 0.25) is 0 Å². The second kappa shape index (κ2) is 4.52. The number of nitrogens with one attached hydrogen (secondary N) is 1. The van der Waals surface area contributed by atoms with E-state index in [1.54, 1.807) is 0 Å². The summed E-state index contributed by atoms with van der Waals surface area (Å²) in [6, 6.07) is 0. The second-order valence-electron chi connectivity index (χ2n) is 4.49. The number of nitrogens with zero attached hydrogens (tertiary/aromatic N) is 4. The normalized spacial score (nSPS) is 30.1. The first kappa shape index (κ1) is 13.0. The van der Waals surface area contributed by atoms with Gasteiger partial charge in [-0.3, -0.25) is 9.98 Å². The molecule has 1 aliphatic rings. The van der Waals surface area contributed by atoms with Crippen LogP contribution in [-0.2, 0) is 4.74 Å². The molecule has 108 valence electrons. The smallest absolute Gasteiger partial charge is 0.192 e. The summed E-state index contributed by atoms with van der Waals surface area (Å²) in [6.45, 7) is -0.435. The quantitative estimate of drug-likeness (QED) is 0.384. The summed E-state index contributed by atoms with van der Waals surface area (Å²) in [7, 11) is 0. The zero-order valence-electron chi connectivity index (χ0n) is 10.2. The number of fused-ring (bicyclic) bond motifs is 1. The van der Waals surface area contributed by atoms with E-state index in [0.717, 1.165) is 6.33 Å². The van der Waals surface area contributed by atoms with Crippen molar-refractivity contribution >= 4 is 11.2 Å². The molecule has 4 atom stereocenters. The van der Waals surface area contributed by atoms with Crippen LogP contribution in [0.3, 0.4) is 0 Å². The highest BCUT2D eigenvalue weighted by Gasteiger charge is 2.43. The van der Waals surface area contributed by atoms with Gasteiger partial charge in [0.25, 0.3) is 0 Å². The highest BCUT2D eigenvalue weighted by atomic mass is 16.6. The summed E-state index contributed by atoms with van der Waals surface area (Å²) in [6.07, 6.45) is -2.07. The van der Waals surface area contributed by atoms with Crippen molar-refractivity contribution in [2.75, 3.05) is 6.61 Å². The van der Waals surface area contributed by atoms with Crippen molar-refractivity contribution in [3.05, 3.63) is 18.1 Å². The highest BCUT2D eigenvalue weighted by molar-refractivity contribution is 5.68. The van der Waals surface area contributed by atoms with E-state index >= 15 is 0 Å². The number of aliphatic hydroxyl groups is 3. The van der Waals surface area contributed by atoms with Crippen molar-refractivity contribution in [2.24, 2.45) is 0 Å². The number of hydrogen-bond donors (Lipinski definition) is 5. The van der Waals surface area contributed by atoms with Gasteiger partial charge in [-0.05, 0) is 0 Å². The lowest BCUT2D eigenvalue weighted by atomic mass is 10.1. The Labute approximate surface area is 111 Å². The zero-order chi connectivity index (χ0) is 14.4. The van der Waals surface area contributed by atoms with Crippen molar-refractivity contribution in [2.45, 2.75) is 24.5 Å². The number of ether oxygens (including phenoxy) is 1. The monoisotopic (exact) mass is 283 g/mol. The molecule has 3 rings (SSSR count). The van der Waals surface area contributed by atoms with Crippen LogP contribution in [0, 0.1) is 5.41 Å². The van der Waals surface area contributed by atoms with E-state index in [0.29, 0.717) is 4.73 Å². The minimum Gasteiger partial charge on any atom is -0.425 e. The van der Waals surface area contributed by atoms with Gasteiger partial charge in [-0.1, -0.05) is 0 Å². The van der Waals surface area contributed by atoms with E-state index in [9.17, 15) is 15.4 Å². The maximum atomic E-state index is 9.95. The standard InChI is InChI=1S/C10H13N5O5/c11-8-5-9(13-3-15(8)19)14(2-12-5)10-7(18)6(17)4(1-16)20-10/h2-4,6-7,10-11,16-19H,1H2/t4-,6+,7-,10-/m0/s1. The lowest BCUT2D eigenvalue weighted by Crippen LogP contribution is -2.33. The van der Waals surface area contributed by atoms with E-state index < -0.39 is 31.1 Å². The Morgan fingerprint density at radius 1 is 1.25 bits per heavy atom. The van der Waals surface area contributed by atoms with Crippen LogP contribution in [0.4, 0.5) is 0 Å². The summed E-state index contributed by atoms with van der Waals surface area (Å²) in [5.74, 6) is 0. The summed E-state index contributed by atoms with van der Waals surface area (Å²) in [5.41, 5.74) is 0.0726. The van der Waals surface area contributed by atoms with Crippen LogP contribution in [0.25, 0.3) is 11.2 Å². The molecule has 2 aromatic rings. The molecule has 0 unspecified atom stereocenters. The second-order valence-corrected chi connectivity index (χ2v) is 4.49. The number of aliphatic hydroxyl groups excluding tert-OH is 3. The van der Waals surface area contributed by atoms with Crippen molar-refractivity contribution in [1.82, 2.24) is 19.3 Å². The Morgan fingerprint density at radius 2 is 2.00 bits per heavy atom. The fourth-order valence-electron chi connectivity index (χ4n) is 2.22. The van der Waals surface area contributed by atoms with E-state index in [1.165, 1.54) is 10.9 Å². The molecule has 1 saturated heterocycles. The molecule has 1 fully saturated rings. The number of rotatable bonds is 2. The summed E-state index contributed by atoms with van der Waals surface area (Å²) < 4.78 is 7.22. The topological polar surface area (TPSA) is 150 Å². The SMILES string of the molecule is N=c1c2ncn([C@H]3O[C@@H](CO)[C@@H](O)[C@@H]3O)c2ncn1O. The van der Waals surface area contributed by atoms with E-state index in [4.69, 9.17) is 15.3 Å². The minimum atomic E-state index is -1.26. The molecular weight excluding hydrogens is 270 g/mol. The average molecular weight is 283 g/mol. The Hall–Kier alpha value is -2.01. The molecule has 0 amide bonds. The van der Waals surface area contributed by atoms with Crippen LogP contribution < -0.4 is 5.49 Å². The Balaban J connectivity index is 2.08. The molecule has 2 aromatic heterocycles. The molecule has 1 aliphatic heterocycles. The van der Waals surface area contributed by atoms with Gasteiger partial charge >= 0.3 is 0 Å². The Morgan fingerprint density at radius 3 is 2.65 bits per heavy atom. The molecule has 20 heavy (non-hydrogen) atoms. The van der Waals surface area contributed by atoms with Gasteiger partial charge in [0.05, 0.1) is 12.9 Å². The third-order valence-electron chi connectivity index (χ3n) is 3.30. The van der Waals surface area contributed by atoms with Gasteiger partial charge in [0.1, 0.15) is 24.6 Å². The summed E-state index contributed by atoms with van der Waals surface area (Å²) in [5, 5.41) is 45.7. The molecule has 0 spiro atoms. The first-order valence-electron chi connectivity index (χ1n) is 5.85. The average Bonchev–Trinajstić information content (AvgIpc) is 2.98. The lowest BCUT2D eigenvalue weighted by Gasteiger charge is -2.16. The fraction of sp³-hybridized carbons (Fsp3) is 0.500. The van der Waals surface area contributed by atoms with E-state index in [-0.39, 0.29) is 16.7 Å². The molecular formula is C10H13N5O5. The maximum Gasteiger partial charge on any atom is 0.192 e. The van der Waals surface area contributed by atoms with Crippen LogP contribution in [0.5, 0.6) is 0 Å². The van der Waals surface area contributed by atoms with Crippen LogP contribution in [0.15, 0.2) is 12.7 Å². The molecule has 0 bridgehead atoms. The van der Waals surface area contributed by atoms with Gasteiger partial charge in [-0.25, -0.2) is 9.97 Å². The molecule has 0 aliphatic carbocycles. The molecule has 0 radical (unpaired) electrons. The Kier molecular flexibility index (Phi) is 2.94. The first-order chi connectivity index (χ1) is 9.54. The molecule has 10 heteroatoms. The minimum absolute atomic E-state index is 0.118. The molecule has 0 aromatic carbocycles. The maximum absolute atomic E-state index is 9.95. The zero-order valence-corrected chi connectivity index (χ0v) is 10.2. The molecule has 5 N–H and O–H groups in total. The van der Waals surface area contributed by atoms with Gasteiger partial charge in [0.15, 0.2) is 22.9 Å². The van der Waals surface area contributed by atoms with Crippen molar-refractivity contribution in [1.29, 1.82) is 5.41 Å². The van der Waals surface area contributed by atoms with Crippen LogP contribution in [0.2, 0.25) is 0 Å². The van der Waals surface area contributed by atoms with Crippen LogP contribution in [-0.4, -0.2) is 64.7 Å². The molecule has 10 nitrogen and oxygen atoms in total. The third-order valence-corrected chi connectivity index (χ3v) is 3.30. The number of imidazole rings is 1. The molecule has 0 saturated carbocycles. The lowest BCUT2D eigenvalue weighted by molar-refractivity contribution is -0.0511. The Bertz CT molecular complexity index is 697. The van der Waals surface area contributed by atoms with Gasteiger partial charge in [0, 0.05) is 0 Å². The van der Waals surface area contributed by atoms with Gasteiger partial charge in [-0.15, -0.1) is 0 Å². The van der Waals surface area contributed by atoms with Crippen molar-refractivity contribution in [3.63, 3.8) is 0 Å². The highest BCUT2D eigenvalue weighted by Crippen LogP contribution is 2.30. The van der Waals surface area contributed by atoms with Gasteiger partial charge in [-0.2, -0.15) is 4.73 Å². The van der Waals surface area contributed by atoms with Crippen LogP contribution in [0.1, 0.15) is 6.23 Å². The fourth-order valence-corrected chi connectivity index (χ4v) is 2.22. The predicted octanol–water partition coefficient (Wildman–Crippen LogP) is -2.44. The third kappa shape index (κ3) is 1.70. The van der Waals surface area contributed by atoms with Crippen molar-refractivity contribution in [3.8, 4) is 0 Å². The van der Waals surface area contributed by atoms with E-state index in [2.05, 4.69) is 9.97 Å². The van der Waals surface area contributed by atoms with Gasteiger partial charge < -0.3 is 25.3 Å². The largest absolute Gasteiger partial charge is 0.425 e.